The van der Waals surface area contributed by atoms with Gasteiger partial charge in [0.2, 0.25) is 0 Å². The Balaban J connectivity index is 2.11. The van der Waals surface area contributed by atoms with Gasteiger partial charge in [-0.1, -0.05) is 12.1 Å². The van der Waals surface area contributed by atoms with Gasteiger partial charge in [-0.2, -0.15) is 0 Å². The van der Waals surface area contributed by atoms with Gasteiger partial charge < -0.3 is 4.74 Å². The zero-order valence-electron chi connectivity index (χ0n) is 10.3. The number of methoxy groups -OCH3 is 1. The number of halogens is 1. The van der Waals surface area contributed by atoms with Gasteiger partial charge in [-0.05, 0) is 37.8 Å². The molecule has 0 saturated heterocycles. The van der Waals surface area contributed by atoms with Crippen LogP contribution in [0.25, 0.3) is 0 Å². The van der Waals surface area contributed by atoms with Crippen LogP contribution >= 0.6 is 0 Å². The van der Waals surface area contributed by atoms with Gasteiger partial charge in [0, 0.05) is 19.1 Å². The molecule has 0 bridgehead atoms. The number of ketones is 1. The molecular weight excluding hydrogens is 219 g/mol. The Hall–Kier alpha value is -1.22. The lowest BCUT2D eigenvalue weighted by Crippen LogP contribution is -2.41. The first-order valence-electron chi connectivity index (χ1n) is 5.91. The highest BCUT2D eigenvalue weighted by atomic mass is 19.1. The average molecular weight is 236 g/mol. The molecule has 2 nitrogen and oxygen atoms in total. The molecule has 0 aliphatic heterocycles. The summed E-state index contributed by atoms with van der Waals surface area (Å²) in [5.74, 6) is -0.360. The van der Waals surface area contributed by atoms with Crippen LogP contribution in [0.15, 0.2) is 18.2 Å². The summed E-state index contributed by atoms with van der Waals surface area (Å²) < 4.78 is 18.8. The Morgan fingerprint density at radius 2 is 2.18 bits per heavy atom. The number of Topliss-reactive ketones (excluding diaryl/α,β-unsaturated/α-hetero) is 1. The third-order valence-corrected chi connectivity index (χ3v) is 3.67. The molecule has 1 aromatic rings. The van der Waals surface area contributed by atoms with Gasteiger partial charge in [-0.15, -0.1) is 0 Å². The van der Waals surface area contributed by atoms with Gasteiger partial charge in [0.05, 0.1) is 5.60 Å². The molecule has 2 rings (SSSR count). The van der Waals surface area contributed by atoms with Gasteiger partial charge >= 0.3 is 0 Å². The number of carbonyl (C=O) groups is 1. The normalized spacial score (nSPS) is 17.6. The van der Waals surface area contributed by atoms with Crippen molar-refractivity contribution in [1.29, 1.82) is 0 Å². The van der Waals surface area contributed by atoms with E-state index < -0.39 is 0 Å². The zero-order chi connectivity index (χ0) is 12.5. The van der Waals surface area contributed by atoms with E-state index in [0.717, 1.165) is 19.3 Å². The van der Waals surface area contributed by atoms with Crippen molar-refractivity contribution in [3.8, 4) is 0 Å². The van der Waals surface area contributed by atoms with E-state index in [1.54, 1.807) is 26.2 Å². The predicted molar refractivity (Wildman–Crippen MR) is 63.7 cm³/mol. The minimum Gasteiger partial charge on any atom is -0.378 e. The van der Waals surface area contributed by atoms with E-state index in [1.807, 2.05) is 0 Å². The molecule has 92 valence electrons. The Labute approximate surface area is 101 Å². The maximum atomic E-state index is 13.4. The highest BCUT2D eigenvalue weighted by Crippen LogP contribution is 2.38. The molecule has 1 saturated carbocycles. The van der Waals surface area contributed by atoms with Crippen LogP contribution in [0.5, 0.6) is 0 Å². The molecular formula is C14H17FO2. The topological polar surface area (TPSA) is 26.3 Å². The fourth-order valence-corrected chi connectivity index (χ4v) is 2.19. The molecule has 17 heavy (non-hydrogen) atoms. The SMILES string of the molecule is COC1(CC(=O)c2ccc(C)c(F)c2)CCC1. The van der Waals surface area contributed by atoms with E-state index in [2.05, 4.69) is 0 Å². The fourth-order valence-electron chi connectivity index (χ4n) is 2.19. The summed E-state index contributed by atoms with van der Waals surface area (Å²) in [6.07, 6.45) is 3.29. The third-order valence-electron chi connectivity index (χ3n) is 3.67. The van der Waals surface area contributed by atoms with Crippen LogP contribution in [0, 0.1) is 12.7 Å². The fraction of sp³-hybridized carbons (Fsp3) is 0.500. The van der Waals surface area contributed by atoms with Crippen molar-refractivity contribution in [2.45, 2.75) is 38.2 Å². The lowest BCUT2D eigenvalue weighted by molar-refractivity contribution is -0.0704. The van der Waals surface area contributed by atoms with E-state index in [-0.39, 0.29) is 17.2 Å². The maximum Gasteiger partial charge on any atom is 0.165 e. The average Bonchev–Trinajstić information content (AvgIpc) is 2.27. The van der Waals surface area contributed by atoms with Gasteiger partial charge in [-0.25, -0.2) is 4.39 Å². The van der Waals surface area contributed by atoms with E-state index in [1.165, 1.54) is 6.07 Å². The van der Waals surface area contributed by atoms with Crippen molar-refractivity contribution in [3.05, 3.63) is 35.1 Å². The van der Waals surface area contributed by atoms with Crippen LogP contribution in [0.1, 0.15) is 41.6 Å². The quantitative estimate of drug-likeness (QED) is 0.750. The van der Waals surface area contributed by atoms with E-state index in [4.69, 9.17) is 4.74 Å². The summed E-state index contributed by atoms with van der Waals surface area (Å²) in [5, 5.41) is 0. The largest absolute Gasteiger partial charge is 0.378 e. The summed E-state index contributed by atoms with van der Waals surface area (Å²) in [4.78, 5) is 12.0. The first kappa shape index (κ1) is 12.2. The van der Waals surface area contributed by atoms with Crippen LogP contribution < -0.4 is 0 Å². The van der Waals surface area contributed by atoms with Gasteiger partial charge in [0.25, 0.3) is 0 Å². The van der Waals surface area contributed by atoms with Gasteiger partial charge in [0.1, 0.15) is 5.82 Å². The number of carbonyl (C=O) groups excluding carboxylic acids is 1. The number of rotatable bonds is 4. The van der Waals surface area contributed by atoms with Crippen molar-refractivity contribution >= 4 is 5.78 Å². The summed E-state index contributed by atoms with van der Waals surface area (Å²) in [7, 11) is 1.64. The number of hydrogen-bond acceptors (Lipinski definition) is 2. The van der Waals surface area contributed by atoms with Crippen LogP contribution in [0.2, 0.25) is 0 Å². The predicted octanol–water partition coefficient (Wildman–Crippen LogP) is 3.28. The number of hydrogen-bond donors (Lipinski definition) is 0. The first-order valence-corrected chi connectivity index (χ1v) is 5.91. The lowest BCUT2D eigenvalue weighted by atomic mass is 9.76. The standard InChI is InChI=1S/C14H17FO2/c1-10-4-5-11(8-12(10)15)13(16)9-14(17-2)6-3-7-14/h4-5,8H,3,6-7,9H2,1-2H3. The maximum absolute atomic E-state index is 13.4. The Morgan fingerprint density at radius 3 is 2.65 bits per heavy atom. The second kappa shape index (κ2) is 4.57. The minimum absolute atomic E-state index is 0.0366. The molecule has 3 heteroatoms. The number of benzene rings is 1. The Morgan fingerprint density at radius 1 is 1.47 bits per heavy atom. The summed E-state index contributed by atoms with van der Waals surface area (Å²) in [6.45, 7) is 1.69. The second-order valence-corrected chi connectivity index (χ2v) is 4.80. The van der Waals surface area contributed by atoms with Crippen LogP contribution in [-0.2, 0) is 4.74 Å². The van der Waals surface area contributed by atoms with Gasteiger partial charge in [0.15, 0.2) is 5.78 Å². The molecule has 0 N–H and O–H groups in total. The zero-order valence-corrected chi connectivity index (χ0v) is 10.3. The highest BCUT2D eigenvalue weighted by molar-refractivity contribution is 5.96. The molecule has 1 aromatic carbocycles. The molecule has 0 atom stereocenters. The van der Waals surface area contributed by atoms with Crippen molar-refractivity contribution in [3.63, 3.8) is 0 Å². The summed E-state index contributed by atoms with van der Waals surface area (Å²) in [5.41, 5.74) is 0.710. The lowest BCUT2D eigenvalue weighted by Gasteiger charge is -2.40. The molecule has 0 heterocycles. The van der Waals surface area contributed by atoms with E-state index >= 15 is 0 Å². The summed E-state index contributed by atoms with van der Waals surface area (Å²) in [6, 6.07) is 4.64. The smallest absolute Gasteiger partial charge is 0.165 e. The molecule has 1 aliphatic carbocycles. The minimum atomic E-state index is -0.323. The van der Waals surface area contributed by atoms with Crippen molar-refractivity contribution in [2.24, 2.45) is 0 Å². The Bertz CT molecular complexity index is 430. The molecule has 0 unspecified atom stereocenters. The molecule has 1 fully saturated rings. The van der Waals surface area contributed by atoms with Crippen LogP contribution in [0.3, 0.4) is 0 Å². The molecule has 0 amide bonds. The number of ether oxygens (including phenoxy) is 1. The Kier molecular flexibility index (Phi) is 3.29. The van der Waals surface area contributed by atoms with Crippen LogP contribution in [-0.4, -0.2) is 18.5 Å². The molecule has 0 radical (unpaired) electrons. The summed E-state index contributed by atoms with van der Waals surface area (Å²) >= 11 is 0. The van der Waals surface area contributed by atoms with Crippen molar-refractivity contribution in [2.75, 3.05) is 7.11 Å². The van der Waals surface area contributed by atoms with Crippen LogP contribution in [0.4, 0.5) is 4.39 Å². The van der Waals surface area contributed by atoms with Crippen molar-refractivity contribution < 1.29 is 13.9 Å². The molecule has 1 aliphatic rings. The first-order chi connectivity index (χ1) is 8.06. The molecule has 0 spiro atoms. The second-order valence-electron chi connectivity index (χ2n) is 4.80. The van der Waals surface area contributed by atoms with Crippen molar-refractivity contribution in [1.82, 2.24) is 0 Å². The third kappa shape index (κ3) is 2.39. The van der Waals surface area contributed by atoms with Gasteiger partial charge in [-0.3, -0.25) is 4.79 Å². The van der Waals surface area contributed by atoms with E-state index in [9.17, 15) is 9.18 Å². The highest BCUT2D eigenvalue weighted by Gasteiger charge is 2.39. The molecule has 0 aromatic heterocycles. The van der Waals surface area contributed by atoms with E-state index in [0.29, 0.717) is 17.5 Å². The monoisotopic (exact) mass is 236 g/mol. The number of aryl methyl sites for hydroxylation is 1.